The van der Waals surface area contributed by atoms with Crippen molar-refractivity contribution in [3.63, 3.8) is 0 Å². The first-order chi connectivity index (χ1) is 10.7. The molecular weight excluding hydrogens is 292 g/mol. The van der Waals surface area contributed by atoms with Gasteiger partial charge in [-0.1, -0.05) is 69.4 Å². The Morgan fingerprint density at radius 1 is 1.14 bits per heavy atom. The Labute approximate surface area is 140 Å². The molecule has 0 aromatic heterocycles. The molecule has 0 aliphatic rings. The lowest BCUT2D eigenvalue weighted by atomic mass is 10.1. The third-order valence-corrected chi connectivity index (χ3v) is 3.83. The molecular formula is C18H30N2OS. The Bertz CT molecular complexity index is 397. The van der Waals surface area contributed by atoms with Gasteiger partial charge in [-0.3, -0.25) is 0 Å². The van der Waals surface area contributed by atoms with Crippen molar-refractivity contribution < 1.29 is 4.74 Å². The Hall–Kier alpha value is -1.13. The summed E-state index contributed by atoms with van der Waals surface area (Å²) in [6, 6.07) is 10.2. The van der Waals surface area contributed by atoms with Gasteiger partial charge in [0.05, 0.1) is 0 Å². The molecule has 1 atom stereocenters. The van der Waals surface area contributed by atoms with Crippen molar-refractivity contribution in [1.29, 1.82) is 0 Å². The predicted molar refractivity (Wildman–Crippen MR) is 98.1 cm³/mol. The normalized spacial score (nSPS) is 11.9. The van der Waals surface area contributed by atoms with Crippen molar-refractivity contribution in [3.05, 3.63) is 35.9 Å². The number of benzene rings is 1. The van der Waals surface area contributed by atoms with Gasteiger partial charge in [-0.15, -0.1) is 0 Å². The molecule has 0 amide bonds. The maximum atomic E-state index is 6.06. The number of hydrogen-bond acceptors (Lipinski definition) is 3. The maximum Gasteiger partial charge on any atom is 0.256 e. The van der Waals surface area contributed by atoms with Crippen LogP contribution in [0.3, 0.4) is 0 Å². The number of unbranched alkanes of at least 4 members (excludes halogenated alkanes) is 5. The van der Waals surface area contributed by atoms with E-state index in [1.807, 2.05) is 18.2 Å². The largest absolute Gasteiger partial charge is 0.469 e. The van der Waals surface area contributed by atoms with E-state index in [-0.39, 0.29) is 6.04 Å². The first-order valence-electron chi connectivity index (χ1n) is 8.42. The standard InChI is InChI=1S/C18H30N2OS/c1-2-3-4-5-6-10-13-20-18(22)21-15-17(19)14-16-11-8-7-9-12-16/h7-9,11-12,17H,2-6,10,13-15,19H2,1H3,(H,20,22)/t17-/m1/s1. The van der Waals surface area contributed by atoms with Crippen molar-refractivity contribution in [1.82, 2.24) is 5.32 Å². The van der Waals surface area contributed by atoms with E-state index in [4.69, 9.17) is 22.7 Å². The number of nitrogens with two attached hydrogens (primary N) is 1. The number of ether oxygens (including phenoxy) is 1. The molecule has 0 aliphatic carbocycles. The summed E-state index contributed by atoms with van der Waals surface area (Å²) in [7, 11) is 0. The molecule has 0 unspecified atom stereocenters. The fraction of sp³-hybridized carbons (Fsp3) is 0.611. The van der Waals surface area contributed by atoms with Crippen LogP contribution in [0.15, 0.2) is 30.3 Å². The molecule has 3 N–H and O–H groups in total. The molecule has 1 aromatic carbocycles. The zero-order valence-electron chi connectivity index (χ0n) is 13.7. The van der Waals surface area contributed by atoms with Gasteiger partial charge in [0, 0.05) is 12.6 Å². The molecule has 1 rings (SSSR count). The lowest BCUT2D eigenvalue weighted by Gasteiger charge is -2.14. The van der Waals surface area contributed by atoms with Crippen LogP contribution in [0.25, 0.3) is 0 Å². The molecule has 1 aromatic rings. The van der Waals surface area contributed by atoms with Crippen LogP contribution in [0, 0.1) is 0 Å². The highest BCUT2D eigenvalue weighted by atomic mass is 32.1. The Balaban J connectivity index is 2.00. The summed E-state index contributed by atoms with van der Waals surface area (Å²) in [4.78, 5) is 0. The van der Waals surface area contributed by atoms with Gasteiger partial charge in [0.2, 0.25) is 0 Å². The number of rotatable bonds is 11. The van der Waals surface area contributed by atoms with Gasteiger partial charge >= 0.3 is 0 Å². The third kappa shape index (κ3) is 9.74. The molecule has 0 radical (unpaired) electrons. The molecule has 0 saturated heterocycles. The van der Waals surface area contributed by atoms with E-state index < -0.39 is 0 Å². The quantitative estimate of drug-likeness (QED) is 0.480. The Morgan fingerprint density at radius 3 is 2.55 bits per heavy atom. The second kappa shape index (κ2) is 12.4. The van der Waals surface area contributed by atoms with Crippen molar-refractivity contribution in [3.8, 4) is 0 Å². The minimum atomic E-state index is -0.0313. The summed E-state index contributed by atoms with van der Waals surface area (Å²) in [5.41, 5.74) is 7.29. The van der Waals surface area contributed by atoms with Crippen LogP contribution in [0.2, 0.25) is 0 Å². The van der Waals surface area contributed by atoms with Crippen LogP contribution in [0.5, 0.6) is 0 Å². The van der Waals surface area contributed by atoms with E-state index in [1.54, 1.807) is 0 Å². The summed E-state index contributed by atoms with van der Waals surface area (Å²) in [5, 5.41) is 3.62. The number of nitrogens with one attached hydrogen (secondary N) is 1. The Kier molecular flexibility index (Phi) is 10.7. The van der Waals surface area contributed by atoms with E-state index in [9.17, 15) is 0 Å². The molecule has 22 heavy (non-hydrogen) atoms. The highest BCUT2D eigenvalue weighted by molar-refractivity contribution is 7.80. The summed E-state index contributed by atoms with van der Waals surface area (Å²) < 4.78 is 5.52. The van der Waals surface area contributed by atoms with Crippen LogP contribution in [0.1, 0.15) is 51.0 Å². The van der Waals surface area contributed by atoms with Gasteiger partial charge in [-0.2, -0.15) is 0 Å². The molecule has 0 aliphatic heterocycles. The minimum absolute atomic E-state index is 0.0313. The van der Waals surface area contributed by atoms with Gasteiger partial charge in [0.15, 0.2) is 0 Å². The average molecular weight is 323 g/mol. The van der Waals surface area contributed by atoms with E-state index in [1.165, 1.54) is 37.7 Å². The van der Waals surface area contributed by atoms with Crippen LogP contribution < -0.4 is 11.1 Å². The van der Waals surface area contributed by atoms with Crippen LogP contribution in [-0.4, -0.2) is 24.4 Å². The molecule has 4 heteroatoms. The first-order valence-corrected chi connectivity index (χ1v) is 8.83. The molecule has 0 saturated carbocycles. The molecule has 3 nitrogen and oxygen atoms in total. The summed E-state index contributed by atoms with van der Waals surface area (Å²) in [6.07, 6.45) is 8.48. The lowest BCUT2D eigenvalue weighted by molar-refractivity contribution is 0.270. The van der Waals surface area contributed by atoms with Crippen molar-refractivity contribution in [2.75, 3.05) is 13.2 Å². The molecule has 0 fully saturated rings. The number of hydrogen-bond donors (Lipinski definition) is 2. The van der Waals surface area contributed by atoms with Crippen molar-refractivity contribution in [2.24, 2.45) is 5.73 Å². The topological polar surface area (TPSA) is 47.3 Å². The molecule has 0 spiro atoms. The SMILES string of the molecule is CCCCCCCCNC(=S)OC[C@H](N)Cc1ccccc1. The van der Waals surface area contributed by atoms with Crippen molar-refractivity contribution >= 4 is 17.4 Å². The third-order valence-electron chi connectivity index (χ3n) is 3.57. The molecule has 124 valence electrons. The molecule has 0 heterocycles. The Morgan fingerprint density at radius 2 is 1.82 bits per heavy atom. The highest BCUT2D eigenvalue weighted by Gasteiger charge is 2.06. The van der Waals surface area contributed by atoms with Crippen LogP contribution in [-0.2, 0) is 11.2 Å². The first kappa shape index (κ1) is 18.9. The monoisotopic (exact) mass is 322 g/mol. The van der Waals surface area contributed by atoms with E-state index in [0.717, 1.165) is 19.4 Å². The van der Waals surface area contributed by atoms with Crippen LogP contribution >= 0.6 is 12.2 Å². The molecule has 0 bridgehead atoms. The van der Waals surface area contributed by atoms with E-state index in [2.05, 4.69) is 24.4 Å². The highest BCUT2D eigenvalue weighted by Crippen LogP contribution is 2.04. The summed E-state index contributed by atoms with van der Waals surface area (Å²) in [5.74, 6) is 0. The maximum absolute atomic E-state index is 6.06. The summed E-state index contributed by atoms with van der Waals surface area (Å²) >= 11 is 5.17. The lowest BCUT2D eigenvalue weighted by Crippen LogP contribution is -2.33. The number of thiocarbonyl (C=S) groups is 1. The second-order valence-corrected chi connectivity index (χ2v) is 6.11. The van der Waals surface area contributed by atoms with Gasteiger partial charge in [0.1, 0.15) is 6.61 Å². The summed E-state index contributed by atoms with van der Waals surface area (Å²) in [6.45, 7) is 3.58. The zero-order chi connectivity index (χ0) is 16.0. The van der Waals surface area contributed by atoms with Gasteiger partial charge in [-0.05, 0) is 30.6 Å². The van der Waals surface area contributed by atoms with Gasteiger partial charge in [-0.25, -0.2) is 0 Å². The van der Waals surface area contributed by atoms with Gasteiger partial charge in [0.25, 0.3) is 5.17 Å². The van der Waals surface area contributed by atoms with Crippen molar-refractivity contribution in [2.45, 2.75) is 57.9 Å². The van der Waals surface area contributed by atoms with E-state index >= 15 is 0 Å². The van der Waals surface area contributed by atoms with Gasteiger partial charge < -0.3 is 15.8 Å². The van der Waals surface area contributed by atoms with E-state index in [0.29, 0.717) is 11.8 Å². The fourth-order valence-corrected chi connectivity index (χ4v) is 2.48. The smallest absolute Gasteiger partial charge is 0.256 e. The zero-order valence-corrected chi connectivity index (χ0v) is 14.5. The van der Waals surface area contributed by atoms with Crippen LogP contribution in [0.4, 0.5) is 0 Å². The predicted octanol–water partition coefficient (Wildman–Crippen LogP) is 3.81. The second-order valence-electron chi connectivity index (χ2n) is 5.74. The average Bonchev–Trinajstić information content (AvgIpc) is 2.53. The fourth-order valence-electron chi connectivity index (χ4n) is 2.31. The minimum Gasteiger partial charge on any atom is -0.469 e.